The standard InChI is InChI=1S/C16H15ClFNS/c17-14-4-2-1-3-11(14)10-19-15-7-8-20-16-6-5-12(18)9-13(15)16/h1-6,9,15,19H,7-8,10H2. The molecule has 0 radical (unpaired) electrons. The molecule has 1 heterocycles. The average molecular weight is 308 g/mol. The van der Waals surface area contributed by atoms with Gasteiger partial charge in [-0.3, -0.25) is 0 Å². The molecule has 0 aromatic heterocycles. The molecule has 1 atom stereocenters. The van der Waals surface area contributed by atoms with Crippen LogP contribution >= 0.6 is 23.4 Å². The predicted octanol–water partition coefficient (Wildman–Crippen LogP) is 4.81. The Balaban J connectivity index is 1.77. The van der Waals surface area contributed by atoms with Crippen molar-refractivity contribution in [3.8, 4) is 0 Å². The summed E-state index contributed by atoms with van der Waals surface area (Å²) in [6, 6.07) is 13.0. The fraction of sp³-hybridized carbons (Fsp3) is 0.250. The Morgan fingerprint density at radius 2 is 2.10 bits per heavy atom. The van der Waals surface area contributed by atoms with Crippen molar-refractivity contribution in [1.29, 1.82) is 0 Å². The molecule has 0 amide bonds. The monoisotopic (exact) mass is 307 g/mol. The van der Waals surface area contributed by atoms with Crippen molar-refractivity contribution in [2.45, 2.75) is 23.9 Å². The lowest BCUT2D eigenvalue weighted by Crippen LogP contribution is -2.24. The summed E-state index contributed by atoms with van der Waals surface area (Å²) in [5, 5.41) is 4.27. The summed E-state index contributed by atoms with van der Waals surface area (Å²) in [6.07, 6.45) is 1.01. The second-order valence-corrected chi connectivity index (χ2v) is 6.39. The highest BCUT2D eigenvalue weighted by atomic mass is 35.5. The van der Waals surface area contributed by atoms with Gasteiger partial charge < -0.3 is 5.32 Å². The van der Waals surface area contributed by atoms with Gasteiger partial charge in [-0.05, 0) is 47.6 Å². The lowest BCUT2D eigenvalue weighted by Gasteiger charge is -2.26. The Kier molecular flexibility index (Phi) is 4.29. The zero-order valence-electron chi connectivity index (χ0n) is 10.9. The molecule has 0 saturated heterocycles. The number of hydrogen-bond acceptors (Lipinski definition) is 2. The molecule has 0 fully saturated rings. The molecule has 0 aliphatic carbocycles. The highest BCUT2D eigenvalue weighted by Crippen LogP contribution is 2.36. The van der Waals surface area contributed by atoms with Crippen LogP contribution in [0.2, 0.25) is 5.02 Å². The second kappa shape index (κ2) is 6.17. The van der Waals surface area contributed by atoms with Crippen LogP contribution in [0.4, 0.5) is 4.39 Å². The fourth-order valence-electron chi connectivity index (χ4n) is 2.45. The van der Waals surface area contributed by atoms with E-state index in [4.69, 9.17) is 11.6 Å². The van der Waals surface area contributed by atoms with Crippen molar-refractivity contribution >= 4 is 23.4 Å². The number of thioether (sulfide) groups is 1. The predicted molar refractivity (Wildman–Crippen MR) is 82.8 cm³/mol. The zero-order chi connectivity index (χ0) is 13.9. The first-order chi connectivity index (χ1) is 9.74. The van der Waals surface area contributed by atoms with Crippen molar-refractivity contribution in [3.05, 3.63) is 64.4 Å². The summed E-state index contributed by atoms with van der Waals surface area (Å²) < 4.78 is 13.4. The van der Waals surface area contributed by atoms with Crippen molar-refractivity contribution in [2.75, 3.05) is 5.75 Å². The van der Waals surface area contributed by atoms with E-state index in [1.54, 1.807) is 17.8 Å². The van der Waals surface area contributed by atoms with Crippen LogP contribution in [0.1, 0.15) is 23.6 Å². The van der Waals surface area contributed by atoms with Gasteiger partial charge in [0.1, 0.15) is 5.82 Å². The number of benzene rings is 2. The van der Waals surface area contributed by atoms with Gasteiger partial charge in [0.15, 0.2) is 0 Å². The third kappa shape index (κ3) is 3.00. The number of halogens is 2. The topological polar surface area (TPSA) is 12.0 Å². The van der Waals surface area contributed by atoms with Gasteiger partial charge in [-0.1, -0.05) is 29.8 Å². The first kappa shape index (κ1) is 13.9. The van der Waals surface area contributed by atoms with Gasteiger partial charge in [0.05, 0.1) is 0 Å². The van der Waals surface area contributed by atoms with Crippen LogP contribution in [0.5, 0.6) is 0 Å². The van der Waals surface area contributed by atoms with Crippen LogP contribution in [0.15, 0.2) is 47.4 Å². The van der Waals surface area contributed by atoms with E-state index >= 15 is 0 Å². The maximum Gasteiger partial charge on any atom is 0.123 e. The molecule has 2 aromatic carbocycles. The molecule has 1 N–H and O–H groups in total. The van der Waals surface area contributed by atoms with E-state index in [1.165, 1.54) is 11.0 Å². The zero-order valence-corrected chi connectivity index (χ0v) is 12.5. The molecular weight excluding hydrogens is 293 g/mol. The van der Waals surface area contributed by atoms with E-state index < -0.39 is 0 Å². The van der Waals surface area contributed by atoms with Crippen molar-refractivity contribution in [1.82, 2.24) is 5.32 Å². The van der Waals surface area contributed by atoms with E-state index in [1.807, 2.05) is 30.3 Å². The Labute approximate surface area is 127 Å². The van der Waals surface area contributed by atoms with E-state index in [-0.39, 0.29) is 11.9 Å². The molecule has 3 rings (SSSR count). The first-order valence-corrected chi connectivity index (χ1v) is 7.99. The lowest BCUT2D eigenvalue weighted by molar-refractivity contribution is 0.504. The van der Waals surface area contributed by atoms with Crippen LogP contribution in [0.25, 0.3) is 0 Å². The van der Waals surface area contributed by atoms with Gasteiger partial charge in [-0.25, -0.2) is 4.39 Å². The molecular formula is C16H15ClFNS. The van der Waals surface area contributed by atoms with Crippen LogP contribution in [-0.2, 0) is 6.54 Å². The van der Waals surface area contributed by atoms with Gasteiger partial charge in [-0.15, -0.1) is 11.8 Å². The van der Waals surface area contributed by atoms with Gasteiger partial charge in [0.2, 0.25) is 0 Å². The summed E-state index contributed by atoms with van der Waals surface area (Å²) in [5.41, 5.74) is 2.14. The highest BCUT2D eigenvalue weighted by molar-refractivity contribution is 7.99. The Morgan fingerprint density at radius 3 is 2.95 bits per heavy atom. The molecule has 0 spiro atoms. The van der Waals surface area contributed by atoms with Crippen molar-refractivity contribution in [2.24, 2.45) is 0 Å². The largest absolute Gasteiger partial charge is 0.306 e. The van der Waals surface area contributed by atoms with Gasteiger partial charge in [0.25, 0.3) is 0 Å². The molecule has 1 aliphatic heterocycles. The van der Waals surface area contributed by atoms with Crippen molar-refractivity contribution < 1.29 is 4.39 Å². The summed E-state index contributed by atoms with van der Waals surface area (Å²) in [6.45, 7) is 0.699. The van der Waals surface area contributed by atoms with Crippen LogP contribution in [0.3, 0.4) is 0 Å². The van der Waals surface area contributed by atoms with Gasteiger partial charge in [-0.2, -0.15) is 0 Å². The summed E-state index contributed by atoms with van der Waals surface area (Å²) in [5.74, 6) is 0.884. The molecule has 2 aromatic rings. The van der Waals surface area contributed by atoms with E-state index in [0.29, 0.717) is 6.54 Å². The first-order valence-electron chi connectivity index (χ1n) is 6.63. The van der Waals surface area contributed by atoms with Crippen LogP contribution < -0.4 is 5.32 Å². The summed E-state index contributed by atoms with van der Waals surface area (Å²) in [4.78, 5) is 1.18. The maximum atomic E-state index is 13.4. The molecule has 20 heavy (non-hydrogen) atoms. The third-order valence-corrected chi connectivity index (χ3v) is 5.00. The smallest absolute Gasteiger partial charge is 0.123 e. The minimum Gasteiger partial charge on any atom is -0.306 e. The minimum atomic E-state index is -0.171. The summed E-state index contributed by atoms with van der Waals surface area (Å²) >= 11 is 7.96. The molecule has 0 saturated carbocycles. The molecule has 0 bridgehead atoms. The molecule has 1 aliphatic rings. The Morgan fingerprint density at radius 1 is 1.25 bits per heavy atom. The van der Waals surface area contributed by atoms with E-state index in [2.05, 4.69) is 5.32 Å². The fourth-order valence-corrected chi connectivity index (χ4v) is 3.76. The second-order valence-electron chi connectivity index (χ2n) is 4.84. The van der Waals surface area contributed by atoms with Crippen LogP contribution in [0, 0.1) is 5.82 Å². The SMILES string of the molecule is Fc1ccc2c(c1)C(NCc1ccccc1Cl)CCS2. The average Bonchev–Trinajstić information content (AvgIpc) is 2.46. The van der Waals surface area contributed by atoms with Gasteiger partial charge >= 0.3 is 0 Å². The maximum absolute atomic E-state index is 13.4. The Bertz CT molecular complexity index is 617. The van der Waals surface area contributed by atoms with Gasteiger partial charge in [0, 0.05) is 22.5 Å². The molecule has 4 heteroatoms. The minimum absolute atomic E-state index is 0.171. The molecule has 1 nitrogen and oxygen atoms in total. The van der Waals surface area contributed by atoms with Crippen molar-refractivity contribution in [3.63, 3.8) is 0 Å². The normalized spacial score (nSPS) is 17.8. The quantitative estimate of drug-likeness (QED) is 0.873. The van der Waals surface area contributed by atoms with E-state index in [9.17, 15) is 4.39 Å². The number of rotatable bonds is 3. The van der Waals surface area contributed by atoms with E-state index in [0.717, 1.165) is 28.3 Å². The lowest BCUT2D eigenvalue weighted by atomic mass is 10.0. The molecule has 1 unspecified atom stereocenters. The number of nitrogens with one attached hydrogen (secondary N) is 1. The third-order valence-electron chi connectivity index (χ3n) is 3.51. The number of fused-ring (bicyclic) bond motifs is 1. The summed E-state index contributed by atoms with van der Waals surface area (Å²) in [7, 11) is 0. The number of hydrogen-bond donors (Lipinski definition) is 1. The Hall–Kier alpha value is -1.03. The van der Waals surface area contributed by atoms with Crippen LogP contribution in [-0.4, -0.2) is 5.75 Å². The molecule has 104 valence electrons. The highest BCUT2D eigenvalue weighted by Gasteiger charge is 2.20.